The lowest BCUT2D eigenvalue weighted by Crippen LogP contribution is -2.50. The number of halogens is 1. The number of piperidine rings is 1. The molecule has 0 spiro atoms. The molecule has 0 saturated carbocycles. The van der Waals surface area contributed by atoms with Crippen molar-refractivity contribution in [1.29, 1.82) is 0 Å². The number of carbonyl (C=O) groups is 1. The van der Waals surface area contributed by atoms with E-state index in [1.807, 2.05) is 40.9 Å². The van der Waals surface area contributed by atoms with Gasteiger partial charge in [0.1, 0.15) is 5.75 Å². The minimum Gasteiger partial charge on any atom is -0.493 e. The Morgan fingerprint density at radius 1 is 1.26 bits per heavy atom. The molecule has 1 aromatic carbocycles. The number of amides is 1. The molecule has 8 heteroatoms. The molecule has 2 aromatic rings. The van der Waals surface area contributed by atoms with E-state index in [9.17, 15) is 4.79 Å². The molecule has 1 amide bonds. The van der Waals surface area contributed by atoms with Gasteiger partial charge in [-0.05, 0) is 56.5 Å². The highest BCUT2D eigenvalue weighted by Crippen LogP contribution is 2.36. The molecule has 0 N–H and O–H groups in total. The molecule has 7 nitrogen and oxygen atoms in total. The van der Waals surface area contributed by atoms with Crippen LogP contribution in [0.2, 0.25) is 5.02 Å². The van der Waals surface area contributed by atoms with Crippen molar-refractivity contribution >= 4 is 17.5 Å². The summed E-state index contributed by atoms with van der Waals surface area (Å²) < 4.78 is 13.8. The molecule has 0 bridgehead atoms. The van der Waals surface area contributed by atoms with Crippen LogP contribution in [0.3, 0.4) is 0 Å². The molecule has 2 fully saturated rings. The van der Waals surface area contributed by atoms with Gasteiger partial charge in [-0.25, -0.2) is 0 Å². The van der Waals surface area contributed by atoms with Crippen molar-refractivity contribution in [3.05, 3.63) is 46.7 Å². The average Bonchev–Trinajstić information content (AvgIpc) is 3.27. The molecular weight excluding hydrogens is 452 g/mol. The Morgan fingerprint density at radius 3 is 2.85 bits per heavy atom. The van der Waals surface area contributed by atoms with Crippen LogP contribution in [0.4, 0.5) is 0 Å². The quantitative estimate of drug-likeness (QED) is 0.530. The number of nitrogens with zero attached hydrogens (tertiary/aromatic N) is 4. The van der Waals surface area contributed by atoms with Gasteiger partial charge < -0.3 is 14.4 Å². The second-order valence-corrected chi connectivity index (χ2v) is 10.2. The number of rotatable bonds is 9. The van der Waals surface area contributed by atoms with Gasteiger partial charge in [0.25, 0.3) is 0 Å². The van der Waals surface area contributed by atoms with E-state index in [0.29, 0.717) is 39.3 Å². The van der Waals surface area contributed by atoms with Gasteiger partial charge in [0.05, 0.1) is 26.0 Å². The van der Waals surface area contributed by atoms with Gasteiger partial charge in [-0.15, -0.1) is 0 Å². The number of likely N-dealkylation sites (tertiary alicyclic amines) is 1. The number of benzene rings is 1. The van der Waals surface area contributed by atoms with Crippen molar-refractivity contribution in [3.63, 3.8) is 0 Å². The van der Waals surface area contributed by atoms with Gasteiger partial charge in [0.15, 0.2) is 0 Å². The first kappa shape index (κ1) is 25.0. The number of aromatic nitrogens is 2. The van der Waals surface area contributed by atoms with Crippen LogP contribution in [0.5, 0.6) is 5.75 Å². The number of hydrogen-bond donors (Lipinski definition) is 0. The van der Waals surface area contributed by atoms with Crippen LogP contribution in [0.25, 0.3) is 0 Å². The van der Waals surface area contributed by atoms with Crippen molar-refractivity contribution in [2.24, 2.45) is 5.41 Å². The minimum atomic E-state index is -0.236. The SMILES string of the molecule is CCCn1cc(CN2CCC[C@](COc3ccc(Cl)c(C)c3)(CC(=O)N3CCOCC3)C2)cn1. The number of carbonyl (C=O) groups excluding carboxylic acids is 1. The Kier molecular flexibility index (Phi) is 8.51. The molecular formula is C26H37ClN4O3. The van der Waals surface area contributed by atoms with Gasteiger partial charge in [-0.1, -0.05) is 18.5 Å². The number of hydrogen-bond acceptors (Lipinski definition) is 5. The largest absolute Gasteiger partial charge is 0.493 e. The fourth-order valence-corrected chi connectivity index (χ4v) is 5.16. The van der Waals surface area contributed by atoms with E-state index in [4.69, 9.17) is 21.1 Å². The summed E-state index contributed by atoms with van der Waals surface area (Å²) in [5, 5.41) is 5.22. The van der Waals surface area contributed by atoms with Crippen molar-refractivity contribution in [1.82, 2.24) is 19.6 Å². The van der Waals surface area contributed by atoms with E-state index >= 15 is 0 Å². The summed E-state index contributed by atoms with van der Waals surface area (Å²) in [6.07, 6.45) is 7.69. The van der Waals surface area contributed by atoms with Gasteiger partial charge in [-0.3, -0.25) is 14.4 Å². The molecule has 0 aliphatic carbocycles. The number of ether oxygens (including phenoxy) is 2. The maximum absolute atomic E-state index is 13.3. The standard InChI is InChI=1S/C26H37ClN4O3/c1-3-8-31-18-22(16-28-31)17-29-9-4-7-26(19-29,15-25(32)30-10-12-33-13-11-30)20-34-23-5-6-24(27)21(2)14-23/h5-6,14,16,18H,3-4,7-13,15,17,19-20H2,1-2H3/t26-/m0/s1. The molecule has 1 atom stereocenters. The topological polar surface area (TPSA) is 59.8 Å². The first-order valence-electron chi connectivity index (χ1n) is 12.4. The molecule has 186 valence electrons. The maximum Gasteiger partial charge on any atom is 0.223 e. The number of aryl methyl sites for hydroxylation is 2. The zero-order chi connectivity index (χ0) is 24.0. The average molecular weight is 489 g/mol. The van der Waals surface area contributed by atoms with Crippen LogP contribution >= 0.6 is 11.6 Å². The molecule has 2 aliphatic rings. The van der Waals surface area contributed by atoms with Crippen molar-refractivity contribution < 1.29 is 14.3 Å². The second-order valence-electron chi connectivity index (χ2n) is 9.80. The Labute approximate surface area is 207 Å². The zero-order valence-corrected chi connectivity index (χ0v) is 21.2. The molecule has 4 rings (SSSR count). The molecule has 34 heavy (non-hydrogen) atoms. The summed E-state index contributed by atoms with van der Waals surface area (Å²) in [4.78, 5) is 17.7. The van der Waals surface area contributed by atoms with E-state index in [1.165, 1.54) is 5.56 Å². The van der Waals surface area contributed by atoms with E-state index < -0.39 is 0 Å². The minimum absolute atomic E-state index is 0.205. The summed E-state index contributed by atoms with van der Waals surface area (Å²) in [5.41, 5.74) is 1.98. The summed E-state index contributed by atoms with van der Waals surface area (Å²) in [6, 6.07) is 5.76. The first-order valence-corrected chi connectivity index (χ1v) is 12.8. The Balaban J connectivity index is 1.47. The fourth-order valence-electron chi connectivity index (χ4n) is 5.04. The Hall–Kier alpha value is -2.09. The molecule has 2 saturated heterocycles. The molecule has 3 heterocycles. The molecule has 1 aromatic heterocycles. The lowest BCUT2D eigenvalue weighted by atomic mass is 9.77. The summed E-state index contributed by atoms with van der Waals surface area (Å²) in [5.74, 6) is 1.01. The van der Waals surface area contributed by atoms with Gasteiger partial charge >= 0.3 is 0 Å². The van der Waals surface area contributed by atoms with E-state index in [2.05, 4.69) is 23.1 Å². The van der Waals surface area contributed by atoms with Crippen LogP contribution < -0.4 is 4.74 Å². The summed E-state index contributed by atoms with van der Waals surface area (Å²) in [7, 11) is 0. The van der Waals surface area contributed by atoms with E-state index in [-0.39, 0.29) is 11.3 Å². The van der Waals surface area contributed by atoms with Crippen molar-refractivity contribution in [3.8, 4) is 5.75 Å². The summed E-state index contributed by atoms with van der Waals surface area (Å²) in [6.45, 7) is 10.9. The van der Waals surface area contributed by atoms with Gasteiger partial charge in [0.2, 0.25) is 5.91 Å². The summed E-state index contributed by atoms with van der Waals surface area (Å²) >= 11 is 6.20. The van der Waals surface area contributed by atoms with E-state index in [1.54, 1.807) is 0 Å². The second kappa shape index (κ2) is 11.6. The van der Waals surface area contributed by atoms with Gasteiger partial charge in [-0.2, -0.15) is 5.10 Å². The van der Waals surface area contributed by atoms with Crippen molar-refractivity contribution in [2.45, 2.75) is 52.6 Å². The Morgan fingerprint density at radius 2 is 2.09 bits per heavy atom. The predicted octanol–water partition coefficient (Wildman–Crippen LogP) is 4.17. The lowest BCUT2D eigenvalue weighted by Gasteiger charge is -2.43. The molecule has 0 unspecified atom stereocenters. The number of morpholine rings is 1. The van der Waals surface area contributed by atoms with E-state index in [0.717, 1.165) is 61.8 Å². The first-order chi connectivity index (χ1) is 16.5. The third-order valence-corrected chi connectivity index (χ3v) is 7.27. The molecule has 2 aliphatic heterocycles. The highest BCUT2D eigenvalue weighted by atomic mass is 35.5. The van der Waals surface area contributed by atoms with Crippen LogP contribution in [0, 0.1) is 12.3 Å². The van der Waals surface area contributed by atoms with Crippen LogP contribution in [0.1, 0.15) is 43.7 Å². The monoisotopic (exact) mass is 488 g/mol. The van der Waals surface area contributed by atoms with Crippen LogP contribution in [-0.4, -0.2) is 71.5 Å². The van der Waals surface area contributed by atoms with Gasteiger partial charge in [0, 0.05) is 61.3 Å². The van der Waals surface area contributed by atoms with Crippen molar-refractivity contribution in [2.75, 3.05) is 46.0 Å². The highest BCUT2D eigenvalue weighted by Gasteiger charge is 2.39. The van der Waals surface area contributed by atoms with Crippen LogP contribution in [-0.2, 0) is 22.6 Å². The predicted molar refractivity (Wildman–Crippen MR) is 133 cm³/mol. The highest BCUT2D eigenvalue weighted by molar-refractivity contribution is 6.31. The fraction of sp³-hybridized carbons (Fsp3) is 0.615. The maximum atomic E-state index is 13.3. The smallest absolute Gasteiger partial charge is 0.223 e. The lowest BCUT2D eigenvalue weighted by molar-refractivity contribution is -0.139. The molecule has 0 radical (unpaired) electrons. The van der Waals surface area contributed by atoms with Crippen LogP contribution in [0.15, 0.2) is 30.6 Å². The normalized spacial score (nSPS) is 21.6. The zero-order valence-electron chi connectivity index (χ0n) is 20.5. The third kappa shape index (κ3) is 6.52. The third-order valence-electron chi connectivity index (χ3n) is 6.85. The Bertz CT molecular complexity index is 959.